The van der Waals surface area contributed by atoms with Gasteiger partial charge in [-0.15, -0.1) is 0 Å². The number of H-pyrrole nitrogens is 1. The fourth-order valence-electron chi connectivity index (χ4n) is 2.24. The molecule has 124 valence electrons. The molecule has 3 rings (SSSR count). The van der Waals surface area contributed by atoms with Gasteiger partial charge in [0.1, 0.15) is 18.2 Å². The molecule has 0 atom stereocenters. The molecule has 0 aliphatic rings. The number of nitriles is 1. The Morgan fingerprint density at radius 2 is 1.96 bits per heavy atom. The molecule has 0 aliphatic carbocycles. The van der Waals surface area contributed by atoms with E-state index in [4.69, 9.17) is 4.74 Å². The summed E-state index contributed by atoms with van der Waals surface area (Å²) < 4.78 is 5.85. The Bertz CT molecular complexity index is 985. The summed E-state index contributed by atoms with van der Waals surface area (Å²) in [5.41, 5.74) is 1.76. The van der Waals surface area contributed by atoms with Crippen molar-refractivity contribution in [3.05, 3.63) is 69.2 Å². The van der Waals surface area contributed by atoms with Crippen LogP contribution in [0.3, 0.4) is 0 Å². The SMILES string of the molecule is N#CC(=C(O)COC(=O)c1ccccc1I)c1nc2ccccc2[nH]1. The van der Waals surface area contributed by atoms with E-state index in [-0.39, 0.29) is 17.2 Å². The Hall–Kier alpha value is -2.86. The zero-order valence-corrected chi connectivity index (χ0v) is 15.0. The number of aromatic amines is 1. The zero-order valence-electron chi connectivity index (χ0n) is 12.9. The van der Waals surface area contributed by atoms with Gasteiger partial charge in [-0.25, -0.2) is 9.78 Å². The third-order valence-corrected chi connectivity index (χ3v) is 4.40. The maximum absolute atomic E-state index is 12.1. The maximum atomic E-state index is 12.1. The number of carbonyl (C=O) groups is 1. The van der Waals surface area contributed by atoms with Crippen LogP contribution in [0.5, 0.6) is 0 Å². The lowest BCUT2D eigenvalue weighted by atomic mass is 10.2. The van der Waals surface area contributed by atoms with Gasteiger partial charge < -0.3 is 14.8 Å². The van der Waals surface area contributed by atoms with Crippen LogP contribution in [-0.2, 0) is 4.74 Å². The number of hydrogen-bond acceptors (Lipinski definition) is 5. The third kappa shape index (κ3) is 3.64. The number of para-hydroxylation sites is 2. The van der Waals surface area contributed by atoms with Crippen molar-refractivity contribution in [1.82, 2.24) is 9.97 Å². The maximum Gasteiger partial charge on any atom is 0.339 e. The van der Waals surface area contributed by atoms with Crippen LogP contribution in [0.4, 0.5) is 0 Å². The van der Waals surface area contributed by atoms with Gasteiger partial charge in [0.2, 0.25) is 0 Å². The molecule has 0 saturated carbocycles. The second kappa shape index (κ2) is 7.36. The van der Waals surface area contributed by atoms with Crippen LogP contribution in [0.1, 0.15) is 16.2 Å². The van der Waals surface area contributed by atoms with E-state index in [0.29, 0.717) is 11.1 Å². The van der Waals surface area contributed by atoms with Gasteiger partial charge in [-0.1, -0.05) is 24.3 Å². The molecule has 0 amide bonds. The van der Waals surface area contributed by atoms with Crippen molar-refractivity contribution in [3.8, 4) is 6.07 Å². The number of allylic oxidation sites excluding steroid dienone is 1. The smallest absolute Gasteiger partial charge is 0.339 e. The van der Waals surface area contributed by atoms with Crippen LogP contribution in [0.15, 0.2) is 54.3 Å². The lowest BCUT2D eigenvalue weighted by Crippen LogP contribution is -2.10. The molecular formula is C18H12IN3O3. The zero-order chi connectivity index (χ0) is 17.8. The number of aliphatic hydroxyl groups excluding tert-OH is 1. The average Bonchev–Trinajstić information content (AvgIpc) is 3.04. The monoisotopic (exact) mass is 445 g/mol. The van der Waals surface area contributed by atoms with Gasteiger partial charge in [-0.3, -0.25) is 0 Å². The number of nitrogens with one attached hydrogen (secondary N) is 1. The predicted molar refractivity (Wildman–Crippen MR) is 101 cm³/mol. The lowest BCUT2D eigenvalue weighted by molar-refractivity contribution is 0.0501. The molecule has 25 heavy (non-hydrogen) atoms. The first-order valence-electron chi connectivity index (χ1n) is 7.29. The standard InChI is InChI=1S/C18H12IN3O3/c19-13-6-2-1-5-11(13)18(24)25-10-16(23)12(9-20)17-21-14-7-3-4-8-15(14)22-17/h1-8,23H,10H2,(H,21,22). The molecule has 0 radical (unpaired) electrons. The molecule has 2 N–H and O–H groups in total. The first kappa shape index (κ1) is 17.0. The third-order valence-electron chi connectivity index (χ3n) is 3.46. The highest BCUT2D eigenvalue weighted by Crippen LogP contribution is 2.19. The summed E-state index contributed by atoms with van der Waals surface area (Å²) in [7, 11) is 0. The Kier molecular flexibility index (Phi) is 5.00. The Balaban J connectivity index is 1.81. The summed E-state index contributed by atoms with van der Waals surface area (Å²) in [6.45, 7) is -0.413. The fraction of sp³-hybridized carbons (Fsp3) is 0.0556. The Labute approximate surface area is 156 Å². The molecule has 1 aromatic heterocycles. The van der Waals surface area contributed by atoms with Crippen molar-refractivity contribution < 1.29 is 14.6 Å². The number of aliphatic hydroxyl groups is 1. The summed E-state index contributed by atoms with van der Waals surface area (Å²) in [5.74, 6) is -0.703. The van der Waals surface area contributed by atoms with Crippen LogP contribution in [-0.4, -0.2) is 27.7 Å². The van der Waals surface area contributed by atoms with Crippen LogP contribution < -0.4 is 0 Å². The fourth-order valence-corrected chi connectivity index (χ4v) is 2.84. The molecule has 2 aromatic carbocycles. The van der Waals surface area contributed by atoms with Crippen molar-refractivity contribution in [2.45, 2.75) is 0 Å². The summed E-state index contributed by atoms with van der Waals surface area (Å²) in [6.07, 6.45) is 0. The first-order chi connectivity index (χ1) is 12.1. The minimum absolute atomic E-state index is 0.0632. The highest BCUT2D eigenvalue weighted by Gasteiger charge is 2.16. The normalized spacial score (nSPS) is 11.7. The minimum atomic E-state index is -0.571. The number of carbonyl (C=O) groups excluding carboxylic acids is 1. The average molecular weight is 445 g/mol. The summed E-state index contributed by atoms with van der Waals surface area (Å²) >= 11 is 2.03. The van der Waals surface area contributed by atoms with Crippen LogP contribution >= 0.6 is 22.6 Å². The number of benzene rings is 2. The number of imidazole rings is 1. The Morgan fingerprint density at radius 3 is 2.68 bits per heavy atom. The van der Waals surface area contributed by atoms with Crippen molar-refractivity contribution in [2.24, 2.45) is 0 Å². The van der Waals surface area contributed by atoms with E-state index in [1.807, 2.05) is 52.9 Å². The molecule has 0 fully saturated rings. The lowest BCUT2D eigenvalue weighted by Gasteiger charge is -2.06. The summed E-state index contributed by atoms with van der Waals surface area (Å²) in [6, 6.07) is 16.1. The van der Waals surface area contributed by atoms with Gasteiger partial charge in [0.15, 0.2) is 11.6 Å². The Morgan fingerprint density at radius 1 is 1.24 bits per heavy atom. The van der Waals surface area contributed by atoms with Gasteiger partial charge >= 0.3 is 5.97 Å². The van der Waals surface area contributed by atoms with Gasteiger partial charge in [0.05, 0.1) is 16.6 Å². The number of rotatable bonds is 4. The number of fused-ring (bicyclic) bond motifs is 1. The quantitative estimate of drug-likeness (QED) is 0.275. The predicted octanol–water partition coefficient (Wildman–Crippen LogP) is 3.82. The van der Waals surface area contributed by atoms with E-state index in [1.165, 1.54) is 0 Å². The van der Waals surface area contributed by atoms with Gasteiger partial charge in [-0.05, 0) is 46.9 Å². The molecule has 3 aromatic rings. The summed E-state index contributed by atoms with van der Waals surface area (Å²) in [4.78, 5) is 19.3. The first-order valence-corrected chi connectivity index (χ1v) is 8.37. The molecule has 0 unspecified atom stereocenters. The number of ether oxygens (including phenoxy) is 1. The van der Waals surface area contributed by atoms with Crippen molar-refractivity contribution in [1.29, 1.82) is 5.26 Å². The number of halogens is 1. The molecule has 6 nitrogen and oxygen atoms in total. The minimum Gasteiger partial charge on any atom is -0.507 e. The number of esters is 1. The van der Waals surface area contributed by atoms with E-state index in [0.717, 1.165) is 9.09 Å². The second-order valence-corrected chi connectivity index (χ2v) is 6.25. The van der Waals surface area contributed by atoms with Gasteiger partial charge in [0.25, 0.3) is 0 Å². The number of hydrogen-bond donors (Lipinski definition) is 2. The second-order valence-electron chi connectivity index (χ2n) is 5.09. The molecule has 0 spiro atoms. The van der Waals surface area contributed by atoms with Gasteiger partial charge in [0, 0.05) is 3.57 Å². The van der Waals surface area contributed by atoms with E-state index in [1.54, 1.807) is 24.3 Å². The van der Waals surface area contributed by atoms with Crippen molar-refractivity contribution in [3.63, 3.8) is 0 Å². The highest BCUT2D eigenvalue weighted by molar-refractivity contribution is 14.1. The molecular weight excluding hydrogens is 433 g/mol. The van der Waals surface area contributed by atoms with E-state index in [9.17, 15) is 15.2 Å². The molecule has 0 saturated heterocycles. The van der Waals surface area contributed by atoms with E-state index < -0.39 is 12.6 Å². The van der Waals surface area contributed by atoms with Crippen molar-refractivity contribution >= 4 is 45.2 Å². The van der Waals surface area contributed by atoms with Crippen LogP contribution in [0, 0.1) is 14.9 Å². The van der Waals surface area contributed by atoms with Crippen LogP contribution in [0.25, 0.3) is 16.6 Å². The van der Waals surface area contributed by atoms with Crippen molar-refractivity contribution in [2.75, 3.05) is 6.61 Å². The van der Waals surface area contributed by atoms with E-state index >= 15 is 0 Å². The van der Waals surface area contributed by atoms with E-state index in [2.05, 4.69) is 9.97 Å². The number of aromatic nitrogens is 2. The van der Waals surface area contributed by atoms with Gasteiger partial charge in [-0.2, -0.15) is 5.26 Å². The number of nitrogens with zero attached hydrogens (tertiary/aromatic N) is 2. The largest absolute Gasteiger partial charge is 0.507 e. The molecule has 0 aliphatic heterocycles. The van der Waals surface area contributed by atoms with Crippen LogP contribution in [0.2, 0.25) is 0 Å². The molecule has 1 heterocycles. The molecule has 0 bridgehead atoms. The topological polar surface area (TPSA) is 99.0 Å². The highest BCUT2D eigenvalue weighted by atomic mass is 127. The summed E-state index contributed by atoms with van der Waals surface area (Å²) in [5, 5.41) is 19.5. The molecule has 7 heteroatoms.